The number of pyridine rings is 1. The van der Waals surface area contributed by atoms with Gasteiger partial charge in [-0.3, -0.25) is 9.59 Å². The maximum atomic E-state index is 12.3. The summed E-state index contributed by atoms with van der Waals surface area (Å²) < 4.78 is 5.24. The van der Waals surface area contributed by atoms with Crippen molar-refractivity contribution >= 4 is 17.8 Å². The second-order valence-electron chi connectivity index (χ2n) is 7.16. The normalized spacial score (nSPS) is 11.7. The van der Waals surface area contributed by atoms with Crippen molar-refractivity contribution < 1.29 is 24.2 Å². The number of hydrogen-bond donors (Lipinski definition) is 2. The van der Waals surface area contributed by atoms with Gasteiger partial charge in [0.1, 0.15) is 11.3 Å². The van der Waals surface area contributed by atoms with E-state index >= 15 is 0 Å². The number of ether oxygens (including phenoxy) is 1. The molecule has 0 fully saturated rings. The van der Waals surface area contributed by atoms with Gasteiger partial charge in [-0.25, -0.2) is 9.78 Å². The quantitative estimate of drug-likeness (QED) is 0.773. The number of nitrogens with zero attached hydrogens (tertiary/aromatic N) is 1. The van der Waals surface area contributed by atoms with E-state index < -0.39 is 23.0 Å². The molecule has 1 heterocycles. The summed E-state index contributed by atoms with van der Waals surface area (Å²) in [5.74, 6) is -1.95. The van der Waals surface area contributed by atoms with Crippen LogP contribution in [0, 0.1) is 0 Å². The van der Waals surface area contributed by atoms with Crippen LogP contribution in [0.25, 0.3) is 0 Å². The number of carboxylic acid groups (broad SMARTS) is 1. The molecule has 2 N–H and O–H groups in total. The number of carbonyl (C=O) groups is 3. The van der Waals surface area contributed by atoms with Crippen molar-refractivity contribution in [2.45, 2.75) is 58.6 Å². The number of carbonyl (C=O) groups excluding carboxylic acids is 2. The van der Waals surface area contributed by atoms with Crippen molar-refractivity contribution in [1.82, 2.24) is 10.3 Å². The fraction of sp³-hybridized carbons (Fsp3) is 0.529. The van der Waals surface area contributed by atoms with Crippen LogP contribution < -0.4 is 5.32 Å². The number of nitrogens with one attached hydrogen (secondary N) is 1. The molecular formula is C17H24N2O5. The molecule has 0 radical (unpaired) electrons. The first-order valence-corrected chi connectivity index (χ1v) is 7.63. The molecule has 132 valence electrons. The number of esters is 1. The third-order valence-corrected chi connectivity index (χ3v) is 3.07. The highest BCUT2D eigenvalue weighted by atomic mass is 16.6. The largest absolute Gasteiger partial charge is 0.477 e. The number of amides is 1. The zero-order valence-electron chi connectivity index (χ0n) is 14.7. The minimum atomic E-state index is -1.20. The number of aromatic nitrogens is 1. The zero-order valence-corrected chi connectivity index (χ0v) is 14.7. The molecule has 0 atom stereocenters. The van der Waals surface area contributed by atoms with Crippen molar-refractivity contribution in [3.05, 3.63) is 29.6 Å². The van der Waals surface area contributed by atoms with Gasteiger partial charge in [0.05, 0.1) is 0 Å². The molecule has 0 aliphatic heterocycles. The topological polar surface area (TPSA) is 106 Å². The average molecular weight is 336 g/mol. The Balaban J connectivity index is 2.66. The summed E-state index contributed by atoms with van der Waals surface area (Å²) >= 11 is 0. The van der Waals surface area contributed by atoms with Gasteiger partial charge < -0.3 is 15.2 Å². The smallest absolute Gasteiger partial charge is 0.354 e. The van der Waals surface area contributed by atoms with E-state index in [4.69, 9.17) is 9.84 Å². The van der Waals surface area contributed by atoms with Gasteiger partial charge in [-0.1, -0.05) is 0 Å². The molecule has 1 amide bonds. The minimum absolute atomic E-state index is 0.168. The van der Waals surface area contributed by atoms with Crippen LogP contribution in [0.5, 0.6) is 0 Å². The summed E-state index contributed by atoms with van der Waals surface area (Å²) in [7, 11) is 0. The highest BCUT2D eigenvalue weighted by molar-refractivity contribution is 5.97. The maximum absolute atomic E-state index is 12.3. The lowest BCUT2D eigenvalue weighted by molar-refractivity contribution is -0.155. The minimum Gasteiger partial charge on any atom is -0.477 e. The molecule has 0 unspecified atom stereocenters. The maximum Gasteiger partial charge on any atom is 0.354 e. The summed E-state index contributed by atoms with van der Waals surface area (Å²) in [6.45, 7) is 8.95. The molecular weight excluding hydrogens is 312 g/mol. The Morgan fingerprint density at radius 3 is 2.38 bits per heavy atom. The Bertz CT molecular complexity index is 632. The monoisotopic (exact) mass is 336 g/mol. The SMILES string of the molecule is CC(C)(CCC(=O)OC(C)(C)C)NC(=O)c1ccnc(C(=O)O)c1. The van der Waals surface area contributed by atoms with Crippen molar-refractivity contribution in [1.29, 1.82) is 0 Å². The molecule has 0 aliphatic rings. The third kappa shape index (κ3) is 6.76. The predicted molar refractivity (Wildman–Crippen MR) is 87.8 cm³/mol. The van der Waals surface area contributed by atoms with Crippen molar-refractivity contribution in [3.8, 4) is 0 Å². The molecule has 1 aromatic rings. The van der Waals surface area contributed by atoms with Gasteiger partial charge in [-0.15, -0.1) is 0 Å². The van der Waals surface area contributed by atoms with E-state index in [1.807, 2.05) is 0 Å². The van der Waals surface area contributed by atoms with Crippen LogP contribution in [0.2, 0.25) is 0 Å². The first kappa shape index (κ1) is 19.6. The van der Waals surface area contributed by atoms with E-state index in [9.17, 15) is 14.4 Å². The molecule has 1 rings (SSSR count). The second-order valence-corrected chi connectivity index (χ2v) is 7.16. The van der Waals surface area contributed by atoms with E-state index in [-0.39, 0.29) is 23.6 Å². The van der Waals surface area contributed by atoms with Crippen LogP contribution >= 0.6 is 0 Å². The van der Waals surface area contributed by atoms with Crippen LogP contribution in [0.3, 0.4) is 0 Å². The van der Waals surface area contributed by atoms with Crippen molar-refractivity contribution in [3.63, 3.8) is 0 Å². The summed E-state index contributed by atoms with van der Waals surface area (Å²) in [5.41, 5.74) is -1.20. The Kier molecular flexibility index (Phi) is 6.06. The number of rotatable bonds is 6. The zero-order chi connectivity index (χ0) is 18.5. The Morgan fingerprint density at radius 2 is 1.83 bits per heavy atom. The van der Waals surface area contributed by atoms with Crippen LogP contribution in [-0.2, 0) is 9.53 Å². The molecule has 7 heteroatoms. The lowest BCUT2D eigenvalue weighted by atomic mass is 9.97. The number of carboxylic acids is 1. The van der Waals surface area contributed by atoms with Gasteiger partial charge in [-0.05, 0) is 53.2 Å². The van der Waals surface area contributed by atoms with Crippen molar-refractivity contribution in [2.75, 3.05) is 0 Å². The molecule has 7 nitrogen and oxygen atoms in total. The molecule has 0 bridgehead atoms. The lowest BCUT2D eigenvalue weighted by Crippen LogP contribution is -2.44. The molecule has 0 saturated carbocycles. The van der Waals surface area contributed by atoms with E-state index in [2.05, 4.69) is 10.3 Å². The van der Waals surface area contributed by atoms with Gasteiger partial charge in [0, 0.05) is 23.7 Å². The lowest BCUT2D eigenvalue weighted by Gasteiger charge is -2.27. The molecule has 0 saturated heterocycles. The molecule has 1 aromatic heterocycles. The van der Waals surface area contributed by atoms with Gasteiger partial charge in [0.15, 0.2) is 0 Å². The summed E-state index contributed by atoms with van der Waals surface area (Å²) in [5, 5.41) is 11.7. The molecule has 24 heavy (non-hydrogen) atoms. The van der Waals surface area contributed by atoms with Crippen LogP contribution in [0.1, 0.15) is 68.3 Å². The second kappa shape index (κ2) is 7.42. The van der Waals surface area contributed by atoms with Crippen LogP contribution in [0.4, 0.5) is 0 Å². The van der Waals surface area contributed by atoms with Crippen LogP contribution in [0.15, 0.2) is 18.3 Å². The first-order chi connectivity index (χ1) is 10.9. The van der Waals surface area contributed by atoms with Gasteiger partial charge in [0.25, 0.3) is 5.91 Å². The predicted octanol–water partition coefficient (Wildman–Crippen LogP) is 2.41. The summed E-state index contributed by atoms with van der Waals surface area (Å²) in [4.78, 5) is 38.6. The van der Waals surface area contributed by atoms with E-state index in [1.54, 1.807) is 34.6 Å². The molecule has 0 aromatic carbocycles. The number of aromatic carboxylic acids is 1. The highest BCUT2D eigenvalue weighted by Gasteiger charge is 2.24. The van der Waals surface area contributed by atoms with E-state index in [0.29, 0.717) is 6.42 Å². The van der Waals surface area contributed by atoms with E-state index in [0.717, 1.165) is 0 Å². The highest BCUT2D eigenvalue weighted by Crippen LogP contribution is 2.16. The first-order valence-electron chi connectivity index (χ1n) is 7.63. The molecule has 0 spiro atoms. The summed E-state index contributed by atoms with van der Waals surface area (Å²) in [6, 6.07) is 2.65. The number of hydrogen-bond acceptors (Lipinski definition) is 5. The van der Waals surface area contributed by atoms with Gasteiger partial charge in [0.2, 0.25) is 0 Å². The Morgan fingerprint density at radius 1 is 1.21 bits per heavy atom. The van der Waals surface area contributed by atoms with Crippen molar-refractivity contribution in [2.24, 2.45) is 0 Å². The van der Waals surface area contributed by atoms with Crippen LogP contribution in [-0.4, -0.2) is 39.1 Å². The standard InChI is InChI=1S/C17H24N2O5/c1-16(2,3)24-13(20)6-8-17(4,5)19-14(21)11-7-9-18-12(10-11)15(22)23/h7,9-10H,6,8H2,1-5H3,(H,19,21)(H,22,23). The van der Waals surface area contributed by atoms with Gasteiger partial charge in [-0.2, -0.15) is 0 Å². The summed E-state index contributed by atoms with van der Waals surface area (Å²) in [6.07, 6.45) is 1.83. The van der Waals surface area contributed by atoms with E-state index in [1.165, 1.54) is 18.3 Å². The Hall–Kier alpha value is -2.44. The fourth-order valence-corrected chi connectivity index (χ4v) is 1.94. The average Bonchev–Trinajstić information content (AvgIpc) is 2.43. The Labute approximate surface area is 141 Å². The fourth-order valence-electron chi connectivity index (χ4n) is 1.94. The molecule has 0 aliphatic carbocycles. The third-order valence-electron chi connectivity index (χ3n) is 3.07. The van der Waals surface area contributed by atoms with Gasteiger partial charge >= 0.3 is 11.9 Å².